The largest absolute Gasteiger partial charge is 0.465 e. The molecule has 1 fully saturated rings. The molecule has 1 heterocycles. The van der Waals surface area contributed by atoms with Crippen LogP contribution >= 0.6 is 11.6 Å². The minimum Gasteiger partial charge on any atom is -0.465 e. The van der Waals surface area contributed by atoms with E-state index >= 15 is 0 Å². The van der Waals surface area contributed by atoms with Crippen LogP contribution < -0.4 is 10.6 Å². The van der Waals surface area contributed by atoms with Crippen molar-refractivity contribution in [2.24, 2.45) is 0 Å². The van der Waals surface area contributed by atoms with Crippen LogP contribution in [0.25, 0.3) is 0 Å². The number of esters is 1. The fourth-order valence-corrected chi connectivity index (χ4v) is 1.92. The Hall–Kier alpha value is -1.85. The first-order valence-electron chi connectivity index (χ1n) is 6.11. The zero-order chi connectivity index (χ0) is 14.7. The molecule has 1 aromatic rings. The molecule has 0 spiro atoms. The second-order valence-electron chi connectivity index (χ2n) is 4.47. The van der Waals surface area contributed by atoms with Crippen molar-refractivity contribution in [1.29, 1.82) is 0 Å². The Bertz CT molecular complexity index is 590. The quantitative estimate of drug-likeness (QED) is 0.661. The third-order valence-electron chi connectivity index (χ3n) is 3.18. The summed E-state index contributed by atoms with van der Waals surface area (Å²) in [6.45, 7) is 3.23. The molecule has 1 amide bonds. The zero-order valence-electron chi connectivity index (χ0n) is 11.2. The van der Waals surface area contributed by atoms with Crippen LogP contribution in [0.2, 0.25) is 5.02 Å². The summed E-state index contributed by atoms with van der Waals surface area (Å²) >= 11 is 6.03. The lowest BCUT2D eigenvalue weighted by Crippen LogP contribution is -2.36. The monoisotopic (exact) mass is 294 g/mol. The molecule has 1 saturated heterocycles. The van der Waals surface area contributed by atoms with Crippen molar-refractivity contribution in [1.82, 2.24) is 5.32 Å². The van der Waals surface area contributed by atoms with Crippen LogP contribution in [-0.2, 0) is 9.53 Å². The van der Waals surface area contributed by atoms with E-state index in [4.69, 9.17) is 11.6 Å². The highest BCUT2D eigenvalue weighted by Gasteiger charge is 2.17. The van der Waals surface area contributed by atoms with Gasteiger partial charge in [0.05, 0.1) is 23.4 Å². The molecule has 1 aliphatic rings. The first-order chi connectivity index (χ1) is 9.52. The Morgan fingerprint density at radius 1 is 1.35 bits per heavy atom. The van der Waals surface area contributed by atoms with E-state index in [-0.39, 0.29) is 5.91 Å². The Morgan fingerprint density at radius 2 is 2.05 bits per heavy atom. The van der Waals surface area contributed by atoms with Crippen LogP contribution in [0, 0.1) is 0 Å². The lowest BCUT2D eigenvalue weighted by molar-refractivity contribution is -0.112. The molecule has 0 aromatic heterocycles. The number of halogens is 1. The molecule has 2 rings (SSSR count). The average molecular weight is 295 g/mol. The van der Waals surface area contributed by atoms with E-state index in [2.05, 4.69) is 15.4 Å². The number of hydrogen-bond acceptors (Lipinski definition) is 4. The van der Waals surface area contributed by atoms with Gasteiger partial charge < -0.3 is 15.4 Å². The predicted molar refractivity (Wildman–Crippen MR) is 77.0 cm³/mol. The van der Waals surface area contributed by atoms with Crippen LogP contribution in [0.4, 0.5) is 5.69 Å². The van der Waals surface area contributed by atoms with Crippen molar-refractivity contribution in [2.75, 3.05) is 25.5 Å². The molecule has 20 heavy (non-hydrogen) atoms. The van der Waals surface area contributed by atoms with Gasteiger partial charge in [-0.05, 0) is 30.7 Å². The molecular weight excluding hydrogens is 280 g/mol. The fraction of sp³-hybridized carbons (Fsp3) is 0.286. The van der Waals surface area contributed by atoms with E-state index in [9.17, 15) is 9.59 Å². The first kappa shape index (κ1) is 14.6. The Kier molecular flexibility index (Phi) is 4.42. The smallest absolute Gasteiger partial charge is 0.337 e. The number of methoxy groups -OCH3 is 1. The van der Waals surface area contributed by atoms with Crippen LogP contribution in [0.1, 0.15) is 17.3 Å². The summed E-state index contributed by atoms with van der Waals surface area (Å²) in [6.07, 6.45) is 0. The maximum Gasteiger partial charge on any atom is 0.337 e. The molecule has 0 saturated carbocycles. The third-order valence-corrected chi connectivity index (χ3v) is 3.51. The number of amides is 1. The Labute approximate surface area is 121 Å². The van der Waals surface area contributed by atoms with Gasteiger partial charge in [-0.25, -0.2) is 4.79 Å². The van der Waals surface area contributed by atoms with E-state index in [0.717, 1.165) is 18.7 Å². The van der Waals surface area contributed by atoms with E-state index in [0.29, 0.717) is 21.8 Å². The van der Waals surface area contributed by atoms with Gasteiger partial charge in [-0.2, -0.15) is 0 Å². The first-order valence-corrected chi connectivity index (χ1v) is 6.49. The summed E-state index contributed by atoms with van der Waals surface area (Å²) in [5.74, 6) is -0.694. The molecular formula is C14H15ClN2O3. The molecule has 0 bridgehead atoms. The van der Waals surface area contributed by atoms with Gasteiger partial charge in [0, 0.05) is 18.7 Å². The number of carbonyl (C=O) groups is 2. The standard InChI is InChI=1S/C14H15ClN2O3/c1-8(10-6-16-7-10)13(18)17-12-5-9(14(19)20-2)3-4-11(12)15/h3-5,16H,6-7H2,1-2H3,(H,17,18). The maximum absolute atomic E-state index is 12.1. The molecule has 6 heteroatoms. The average Bonchev–Trinajstić information content (AvgIpc) is 2.38. The van der Waals surface area contributed by atoms with Crippen molar-refractivity contribution in [3.63, 3.8) is 0 Å². The number of hydrogen-bond donors (Lipinski definition) is 2. The number of rotatable bonds is 3. The molecule has 0 unspecified atom stereocenters. The van der Waals surface area contributed by atoms with Crippen molar-refractivity contribution >= 4 is 29.2 Å². The molecule has 2 N–H and O–H groups in total. The summed E-state index contributed by atoms with van der Waals surface area (Å²) in [6, 6.07) is 4.60. The second kappa shape index (κ2) is 6.07. The van der Waals surface area contributed by atoms with Crippen molar-refractivity contribution in [3.05, 3.63) is 39.9 Å². The minimum atomic E-state index is -0.476. The molecule has 0 radical (unpaired) electrons. The SMILES string of the molecule is COC(=O)c1ccc(Cl)c(NC(=O)C(C)=C2CNC2)c1. The summed E-state index contributed by atoms with van der Waals surface area (Å²) in [4.78, 5) is 23.5. The van der Waals surface area contributed by atoms with Gasteiger partial charge in [0.15, 0.2) is 0 Å². The van der Waals surface area contributed by atoms with E-state index in [1.54, 1.807) is 19.1 Å². The van der Waals surface area contributed by atoms with Crippen molar-refractivity contribution < 1.29 is 14.3 Å². The second-order valence-corrected chi connectivity index (χ2v) is 4.88. The van der Waals surface area contributed by atoms with Crippen molar-refractivity contribution in [3.8, 4) is 0 Å². The number of benzene rings is 1. The molecule has 1 aromatic carbocycles. The molecule has 106 valence electrons. The lowest BCUT2D eigenvalue weighted by Gasteiger charge is -2.21. The minimum absolute atomic E-state index is 0.217. The highest BCUT2D eigenvalue weighted by Crippen LogP contribution is 2.24. The number of ether oxygens (including phenoxy) is 1. The van der Waals surface area contributed by atoms with Crippen LogP contribution in [0.3, 0.4) is 0 Å². The molecule has 5 nitrogen and oxygen atoms in total. The van der Waals surface area contributed by atoms with E-state index in [1.807, 2.05) is 0 Å². The summed E-state index contributed by atoms with van der Waals surface area (Å²) in [7, 11) is 1.30. The van der Waals surface area contributed by atoms with Gasteiger partial charge in [0.2, 0.25) is 0 Å². The third kappa shape index (κ3) is 3.00. The fourth-order valence-electron chi connectivity index (χ4n) is 1.76. The highest BCUT2D eigenvalue weighted by atomic mass is 35.5. The summed E-state index contributed by atoms with van der Waals surface area (Å²) in [5.41, 5.74) is 2.47. The predicted octanol–water partition coefficient (Wildman–Crippen LogP) is 1.98. The topological polar surface area (TPSA) is 67.4 Å². The number of nitrogens with one attached hydrogen (secondary N) is 2. The van der Waals surface area contributed by atoms with Crippen LogP contribution in [0.5, 0.6) is 0 Å². The summed E-state index contributed by atoms with van der Waals surface area (Å²) in [5, 5.41) is 6.16. The van der Waals surface area contributed by atoms with Gasteiger partial charge in [0.1, 0.15) is 0 Å². The van der Waals surface area contributed by atoms with Gasteiger partial charge in [-0.1, -0.05) is 11.6 Å². The van der Waals surface area contributed by atoms with E-state index < -0.39 is 5.97 Å². The molecule has 1 aliphatic heterocycles. The van der Waals surface area contributed by atoms with E-state index in [1.165, 1.54) is 13.2 Å². The van der Waals surface area contributed by atoms with Gasteiger partial charge in [-0.15, -0.1) is 0 Å². The zero-order valence-corrected chi connectivity index (χ0v) is 12.0. The lowest BCUT2D eigenvalue weighted by atomic mass is 10.0. The Balaban J connectivity index is 2.20. The van der Waals surface area contributed by atoms with Gasteiger partial charge >= 0.3 is 5.97 Å². The molecule has 0 atom stereocenters. The number of carbonyl (C=O) groups excluding carboxylic acids is 2. The van der Waals surface area contributed by atoms with Gasteiger partial charge in [0.25, 0.3) is 5.91 Å². The Morgan fingerprint density at radius 3 is 2.60 bits per heavy atom. The normalized spacial score (nSPS) is 13.4. The van der Waals surface area contributed by atoms with Crippen molar-refractivity contribution in [2.45, 2.75) is 6.92 Å². The highest BCUT2D eigenvalue weighted by molar-refractivity contribution is 6.34. The number of anilines is 1. The maximum atomic E-state index is 12.1. The van der Waals surface area contributed by atoms with Crippen LogP contribution in [-0.4, -0.2) is 32.1 Å². The van der Waals surface area contributed by atoms with Gasteiger partial charge in [-0.3, -0.25) is 4.79 Å². The molecule has 0 aliphatic carbocycles. The van der Waals surface area contributed by atoms with Crippen LogP contribution in [0.15, 0.2) is 29.3 Å². The summed E-state index contributed by atoms with van der Waals surface area (Å²) < 4.78 is 4.64.